The van der Waals surface area contributed by atoms with Gasteiger partial charge in [-0.25, -0.2) is 0 Å². The number of nitrogens with zero attached hydrogens (tertiary/aromatic N) is 1. The zero-order valence-corrected chi connectivity index (χ0v) is 9.55. The molecule has 1 aliphatic rings. The molecule has 14 heavy (non-hydrogen) atoms. The zero-order valence-electron chi connectivity index (χ0n) is 9.55. The second-order valence-corrected chi connectivity index (χ2v) is 4.21. The smallest absolute Gasteiger partial charge is 0.223 e. The van der Waals surface area contributed by atoms with Gasteiger partial charge in [0.1, 0.15) is 0 Å². The summed E-state index contributed by atoms with van der Waals surface area (Å²) in [5, 5.41) is 3.20. The molecular weight excluding hydrogens is 176 g/mol. The van der Waals surface area contributed by atoms with E-state index in [9.17, 15) is 4.79 Å². The van der Waals surface area contributed by atoms with Crippen LogP contribution in [0.4, 0.5) is 0 Å². The largest absolute Gasteiger partial charge is 0.337 e. The maximum absolute atomic E-state index is 11.9. The topological polar surface area (TPSA) is 32.3 Å². The van der Waals surface area contributed by atoms with Crippen molar-refractivity contribution in [1.82, 2.24) is 10.2 Å². The Labute approximate surface area is 86.9 Å². The fraction of sp³-hybridized carbons (Fsp3) is 0.909. The lowest BCUT2D eigenvalue weighted by molar-refractivity contribution is -0.135. The molecule has 1 saturated heterocycles. The van der Waals surface area contributed by atoms with Gasteiger partial charge in [-0.15, -0.1) is 0 Å². The number of rotatable bonds is 5. The predicted octanol–water partition coefficient (Wildman–Crippen LogP) is 1.24. The third kappa shape index (κ3) is 2.71. The second-order valence-electron chi connectivity index (χ2n) is 4.21. The summed E-state index contributed by atoms with van der Waals surface area (Å²) in [6.45, 7) is 9.14. The summed E-state index contributed by atoms with van der Waals surface area (Å²) in [6, 6.07) is 0.455. The van der Waals surface area contributed by atoms with Gasteiger partial charge in [0.05, 0.1) is 6.04 Å². The Morgan fingerprint density at radius 2 is 2.14 bits per heavy atom. The predicted molar refractivity (Wildman–Crippen MR) is 58.1 cm³/mol. The van der Waals surface area contributed by atoms with Gasteiger partial charge in [-0.1, -0.05) is 20.3 Å². The number of carbonyl (C=O) groups excluding carboxylic acids is 1. The van der Waals surface area contributed by atoms with Crippen molar-refractivity contribution in [1.29, 1.82) is 0 Å². The molecule has 0 aromatic heterocycles. The van der Waals surface area contributed by atoms with E-state index in [1.165, 1.54) is 0 Å². The molecule has 0 spiro atoms. The number of nitrogens with one attached hydrogen (secondary N) is 1. The van der Waals surface area contributed by atoms with Crippen LogP contribution in [-0.4, -0.2) is 36.5 Å². The van der Waals surface area contributed by atoms with Crippen LogP contribution in [0.1, 0.15) is 33.6 Å². The molecule has 1 atom stereocenters. The molecule has 1 N–H and O–H groups in total. The van der Waals surface area contributed by atoms with E-state index in [4.69, 9.17) is 0 Å². The summed E-state index contributed by atoms with van der Waals surface area (Å²) in [4.78, 5) is 13.9. The minimum absolute atomic E-state index is 0.327. The minimum atomic E-state index is 0.327. The molecule has 1 heterocycles. The average molecular weight is 198 g/mol. The van der Waals surface area contributed by atoms with Gasteiger partial charge in [0.2, 0.25) is 5.91 Å². The molecule has 0 aromatic rings. The second kappa shape index (κ2) is 5.35. The van der Waals surface area contributed by atoms with Gasteiger partial charge in [-0.05, 0) is 12.8 Å². The van der Waals surface area contributed by atoms with Crippen LogP contribution in [0.25, 0.3) is 0 Å². The Morgan fingerprint density at radius 1 is 1.50 bits per heavy atom. The Hall–Kier alpha value is -0.570. The van der Waals surface area contributed by atoms with Gasteiger partial charge >= 0.3 is 0 Å². The van der Waals surface area contributed by atoms with Gasteiger partial charge < -0.3 is 10.2 Å². The standard InChI is InChI=1S/C11H22N2O/c1-4-9(3)6-11(14)13(5-2)10-7-12-8-10/h9-10,12H,4-8H2,1-3H3. The van der Waals surface area contributed by atoms with Crippen LogP contribution in [0.3, 0.4) is 0 Å². The summed E-state index contributed by atoms with van der Waals surface area (Å²) < 4.78 is 0. The minimum Gasteiger partial charge on any atom is -0.337 e. The van der Waals surface area contributed by atoms with Gasteiger partial charge in [0.25, 0.3) is 0 Å². The quantitative estimate of drug-likeness (QED) is 0.721. The fourth-order valence-corrected chi connectivity index (χ4v) is 1.69. The Bertz CT molecular complexity index is 190. The maximum atomic E-state index is 11.9. The first-order chi connectivity index (χ1) is 6.69. The third-order valence-electron chi connectivity index (χ3n) is 3.08. The van der Waals surface area contributed by atoms with E-state index in [0.717, 1.165) is 26.1 Å². The molecule has 1 rings (SSSR count). The summed E-state index contributed by atoms with van der Waals surface area (Å²) in [5.41, 5.74) is 0. The van der Waals surface area contributed by atoms with Crippen LogP contribution in [-0.2, 0) is 4.79 Å². The molecule has 1 unspecified atom stereocenters. The van der Waals surface area contributed by atoms with Gasteiger partial charge in [-0.3, -0.25) is 4.79 Å². The van der Waals surface area contributed by atoms with E-state index >= 15 is 0 Å². The lowest BCUT2D eigenvalue weighted by Gasteiger charge is -2.38. The lowest BCUT2D eigenvalue weighted by atomic mass is 10.0. The summed E-state index contributed by atoms with van der Waals surface area (Å²) >= 11 is 0. The highest BCUT2D eigenvalue weighted by Crippen LogP contribution is 2.12. The monoisotopic (exact) mass is 198 g/mol. The van der Waals surface area contributed by atoms with Crippen molar-refractivity contribution in [3.8, 4) is 0 Å². The third-order valence-corrected chi connectivity index (χ3v) is 3.08. The Morgan fingerprint density at radius 3 is 2.50 bits per heavy atom. The van der Waals surface area contributed by atoms with Crippen molar-refractivity contribution < 1.29 is 4.79 Å². The summed E-state index contributed by atoms with van der Waals surface area (Å²) in [7, 11) is 0. The van der Waals surface area contributed by atoms with E-state index in [2.05, 4.69) is 26.1 Å². The molecule has 0 bridgehead atoms. The lowest BCUT2D eigenvalue weighted by Crippen LogP contribution is -2.58. The van der Waals surface area contributed by atoms with E-state index in [1.807, 2.05) is 4.90 Å². The summed E-state index contributed by atoms with van der Waals surface area (Å²) in [5.74, 6) is 0.845. The highest BCUT2D eigenvalue weighted by atomic mass is 16.2. The van der Waals surface area contributed by atoms with Gasteiger partial charge in [0, 0.05) is 26.1 Å². The molecule has 0 aromatic carbocycles. The molecule has 0 saturated carbocycles. The van der Waals surface area contributed by atoms with Gasteiger partial charge in [-0.2, -0.15) is 0 Å². The van der Waals surface area contributed by atoms with Crippen LogP contribution >= 0.6 is 0 Å². The molecular formula is C11H22N2O. The molecule has 0 aliphatic carbocycles. The number of likely N-dealkylation sites (N-methyl/N-ethyl adjacent to an activating group) is 1. The van der Waals surface area contributed by atoms with E-state index < -0.39 is 0 Å². The number of carbonyl (C=O) groups is 1. The molecule has 0 radical (unpaired) electrons. The first-order valence-electron chi connectivity index (χ1n) is 5.69. The highest BCUT2D eigenvalue weighted by Gasteiger charge is 2.27. The number of hydrogen-bond acceptors (Lipinski definition) is 2. The van der Waals surface area contributed by atoms with Crippen molar-refractivity contribution >= 4 is 5.91 Å². The Balaban J connectivity index is 2.39. The number of amides is 1. The van der Waals surface area contributed by atoms with Crippen LogP contribution in [0.15, 0.2) is 0 Å². The molecule has 82 valence electrons. The molecule has 1 fully saturated rings. The van der Waals surface area contributed by atoms with Crippen LogP contribution < -0.4 is 5.32 Å². The SMILES string of the molecule is CCC(C)CC(=O)N(CC)C1CNC1. The van der Waals surface area contributed by atoms with Crippen molar-refractivity contribution in [2.24, 2.45) is 5.92 Å². The first-order valence-corrected chi connectivity index (χ1v) is 5.69. The van der Waals surface area contributed by atoms with Crippen LogP contribution in [0.5, 0.6) is 0 Å². The van der Waals surface area contributed by atoms with Crippen molar-refractivity contribution in [2.45, 2.75) is 39.7 Å². The van der Waals surface area contributed by atoms with Crippen LogP contribution in [0.2, 0.25) is 0 Å². The fourth-order valence-electron chi connectivity index (χ4n) is 1.69. The number of hydrogen-bond donors (Lipinski definition) is 1. The van der Waals surface area contributed by atoms with E-state index in [1.54, 1.807) is 0 Å². The summed E-state index contributed by atoms with van der Waals surface area (Å²) in [6.07, 6.45) is 1.80. The Kier molecular flexibility index (Phi) is 4.39. The zero-order chi connectivity index (χ0) is 10.6. The van der Waals surface area contributed by atoms with E-state index in [0.29, 0.717) is 24.3 Å². The maximum Gasteiger partial charge on any atom is 0.223 e. The van der Waals surface area contributed by atoms with Crippen molar-refractivity contribution in [3.05, 3.63) is 0 Å². The molecule has 3 nitrogen and oxygen atoms in total. The molecule has 1 aliphatic heterocycles. The van der Waals surface area contributed by atoms with Gasteiger partial charge in [0.15, 0.2) is 0 Å². The molecule has 3 heteroatoms. The molecule has 1 amide bonds. The van der Waals surface area contributed by atoms with Crippen LogP contribution in [0, 0.1) is 5.92 Å². The average Bonchev–Trinajstić information content (AvgIpc) is 2.10. The van der Waals surface area contributed by atoms with Crippen molar-refractivity contribution in [2.75, 3.05) is 19.6 Å². The van der Waals surface area contributed by atoms with E-state index in [-0.39, 0.29) is 0 Å². The normalized spacial score (nSPS) is 18.8. The first kappa shape index (κ1) is 11.5. The van der Waals surface area contributed by atoms with Crippen molar-refractivity contribution in [3.63, 3.8) is 0 Å². The highest BCUT2D eigenvalue weighted by molar-refractivity contribution is 5.76.